The zero-order valence-corrected chi connectivity index (χ0v) is 21.5. The van der Waals surface area contributed by atoms with Gasteiger partial charge in [0.2, 0.25) is 0 Å². The Labute approximate surface area is 212 Å². The van der Waals surface area contributed by atoms with E-state index in [9.17, 15) is 14.0 Å². The number of hydrogen-bond acceptors (Lipinski definition) is 5. The summed E-state index contributed by atoms with van der Waals surface area (Å²) in [6.45, 7) is 7.03. The summed E-state index contributed by atoms with van der Waals surface area (Å²) in [7, 11) is 3.46. The van der Waals surface area contributed by atoms with E-state index in [0.29, 0.717) is 30.2 Å². The van der Waals surface area contributed by atoms with E-state index in [0.717, 1.165) is 19.0 Å². The van der Waals surface area contributed by atoms with Gasteiger partial charge in [0.25, 0.3) is 11.8 Å². The van der Waals surface area contributed by atoms with Crippen molar-refractivity contribution in [2.45, 2.75) is 38.8 Å². The van der Waals surface area contributed by atoms with E-state index >= 15 is 0 Å². The molecule has 2 aromatic rings. The molecule has 0 bridgehead atoms. The maximum absolute atomic E-state index is 14.1. The summed E-state index contributed by atoms with van der Waals surface area (Å²) in [6, 6.07) is 10.9. The molecule has 194 valence electrons. The number of fused-ring (bicyclic) bond motifs is 1. The van der Waals surface area contributed by atoms with Crippen LogP contribution >= 0.6 is 0 Å². The number of likely N-dealkylation sites (N-methyl/N-ethyl adjacent to an activating group) is 1. The molecule has 1 saturated carbocycles. The SMILES string of the molecule is CO[C@@H]1CN(C)C(=O)c2ccc(NC(=O)c3ccccc3F)cc2OC[C@@H](C)N(CC2CC2)C[C@@H]1C. The Bertz CT molecular complexity index is 1090. The zero-order chi connectivity index (χ0) is 25.8. The van der Waals surface area contributed by atoms with Gasteiger partial charge in [-0.3, -0.25) is 14.5 Å². The molecule has 1 aliphatic carbocycles. The van der Waals surface area contributed by atoms with Crippen molar-refractivity contribution < 1.29 is 23.5 Å². The molecule has 2 amide bonds. The number of ether oxygens (including phenoxy) is 2. The smallest absolute Gasteiger partial charge is 0.258 e. The number of hydrogen-bond donors (Lipinski definition) is 1. The van der Waals surface area contributed by atoms with Gasteiger partial charge in [0.05, 0.1) is 17.2 Å². The third-order valence-electron chi connectivity index (χ3n) is 7.14. The molecule has 7 nitrogen and oxygen atoms in total. The first-order valence-corrected chi connectivity index (χ1v) is 12.6. The van der Waals surface area contributed by atoms with Gasteiger partial charge in [-0.15, -0.1) is 0 Å². The summed E-state index contributed by atoms with van der Waals surface area (Å²) in [5.41, 5.74) is 0.784. The summed E-state index contributed by atoms with van der Waals surface area (Å²) >= 11 is 0. The van der Waals surface area contributed by atoms with E-state index in [1.165, 1.54) is 31.0 Å². The summed E-state index contributed by atoms with van der Waals surface area (Å²) in [6.07, 6.45) is 2.42. The Morgan fingerprint density at radius 1 is 1.17 bits per heavy atom. The highest BCUT2D eigenvalue weighted by Gasteiger charge is 2.31. The van der Waals surface area contributed by atoms with E-state index in [1.54, 1.807) is 43.3 Å². The molecule has 0 saturated heterocycles. The van der Waals surface area contributed by atoms with E-state index in [1.807, 2.05) is 0 Å². The average Bonchev–Trinajstić information content (AvgIpc) is 3.68. The van der Waals surface area contributed by atoms with Crippen LogP contribution in [0, 0.1) is 17.7 Å². The second kappa shape index (κ2) is 11.4. The fourth-order valence-electron chi connectivity index (χ4n) is 4.65. The van der Waals surface area contributed by atoms with Crippen LogP contribution in [0.4, 0.5) is 10.1 Å². The second-order valence-corrected chi connectivity index (χ2v) is 10.1. The fraction of sp³-hybridized carbons (Fsp3) is 0.500. The number of amides is 2. The topological polar surface area (TPSA) is 71.1 Å². The van der Waals surface area contributed by atoms with Crippen LogP contribution in [0.25, 0.3) is 0 Å². The van der Waals surface area contributed by atoms with Crippen molar-refractivity contribution in [3.63, 3.8) is 0 Å². The Kier molecular flexibility index (Phi) is 8.26. The van der Waals surface area contributed by atoms with Crippen molar-refractivity contribution in [3.05, 3.63) is 59.4 Å². The minimum Gasteiger partial charge on any atom is -0.491 e. The predicted molar refractivity (Wildman–Crippen MR) is 137 cm³/mol. The molecule has 0 unspecified atom stereocenters. The van der Waals surface area contributed by atoms with Gasteiger partial charge in [-0.25, -0.2) is 4.39 Å². The maximum Gasteiger partial charge on any atom is 0.258 e. The number of halogens is 1. The number of carbonyl (C=O) groups is 2. The van der Waals surface area contributed by atoms with E-state index in [4.69, 9.17) is 9.47 Å². The van der Waals surface area contributed by atoms with E-state index in [-0.39, 0.29) is 29.5 Å². The lowest BCUT2D eigenvalue weighted by Gasteiger charge is -2.36. The van der Waals surface area contributed by atoms with Gasteiger partial charge >= 0.3 is 0 Å². The van der Waals surface area contributed by atoms with Crippen molar-refractivity contribution in [2.75, 3.05) is 45.7 Å². The molecule has 1 N–H and O–H groups in total. The van der Waals surface area contributed by atoms with Crippen molar-refractivity contribution in [1.82, 2.24) is 9.80 Å². The molecule has 8 heteroatoms. The highest BCUT2D eigenvalue weighted by atomic mass is 19.1. The highest BCUT2D eigenvalue weighted by molar-refractivity contribution is 6.05. The van der Waals surface area contributed by atoms with Crippen LogP contribution in [0.3, 0.4) is 0 Å². The van der Waals surface area contributed by atoms with Crippen LogP contribution in [0.1, 0.15) is 47.4 Å². The fourth-order valence-corrected chi connectivity index (χ4v) is 4.65. The van der Waals surface area contributed by atoms with Gasteiger partial charge in [-0.1, -0.05) is 19.1 Å². The Hall–Kier alpha value is -2.97. The molecule has 1 heterocycles. The van der Waals surface area contributed by atoms with Crippen LogP contribution < -0.4 is 10.1 Å². The van der Waals surface area contributed by atoms with Gasteiger partial charge < -0.3 is 19.7 Å². The van der Waals surface area contributed by atoms with Crippen LogP contribution in [-0.4, -0.2) is 74.2 Å². The number of benzene rings is 2. The molecule has 4 rings (SSSR count). The van der Waals surface area contributed by atoms with Crippen LogP contribution in [0.2, 0.25) is 0 Å². The number of anilines is 1. The van der Waals surface area contributed by atoms with E-state index < -0.39 is 11.7 Å². The monoisotopic (exact) mass is 497 g/mol. The van der Waals surface area contributed by atoms with Gasteiger partial charge in [0, 0.05) is 51.6 Å². The number of nitrogens with one attached hydrogen (secondary N) is 1. The van der Waals surface area contributed by atoms with Gasteiger partial charge in [0.1, 0.15) is 18.2 Å². The molecule has 36 heavy (non-hydrogen) atoms. The number of carbonyl (C=O) groups excluding carboxylic acids is 2. The summed E-state index contributed by atoms with van der Waals surface area (Å²) < 4.78 is 26.1. The van der Waals surface area contributed by atoms with Crippen molar-refractivity contribution in [2.24, 2.45) is 11.8 Å². The first-order valence-electron chi connectivity index (χ1n) is 12.6. The van der Waals surface area contributed by atoms with Crippen molar-refractivity contribution in [1.29, 1.82) is 0 Å². The third-order valence-corrected chi connectivity index (χ3v) is 7.14. The molecule has 2 aliphatic rings. The summed E-state index contributed by atoms with van der Waals surface area (Å²) in [4.78, 5) is 30.1. The van der Waals surface area contributed by atoms with Gasteiger partial charge in [0.15, 0.2) is 0 Å². The average molecular weight is 498 g/mol. The number of nitrogens with zero attached hydrogens (tertiary/aromatic N) is 2. The Morgan fingerprint density at radius 3 is 2.61 bits per heavy atom. The molecule has 1 fully saturated rings. The predicted octanol–water partition coefficient (Wildman–Crippen LogP) is 4.29. The molecular formula is C28H36FN3O4. The first kappa shape index (κ1) is 26.1. The lowest BCUT2D eigenvalue weighted by atomic mass is 10.0. The molecule has 0 aromatic heterocycles. The van der Waals surface area contributed by atoms with Gasteiger partial charge in [-0.05, 0) is 55.9 Å². The Balaban J connectivity index is 1.61. The zero-order valence-electron chi connectivity index (χ0n) is 21.5. The second-order valence-electron chi connectivity index (χ2n) is 10.1. The molecule has 1 aliphatic heterocycles. The minimum absolute atomic E-state index is 0.0499. The normalized spacial score (nSPS) is 23.8. The Morgan fingerprint density at radius 2 is 1.92 bits per heavy atom. The lowest BCUT2D eigenvalue weighted by molar-refractivity contribution is 0.00994. The van der Waals surface area contributed by atoms with Crippen LogP contribution in [0.5, 0.6) is 5.75 Å². The summed E-state index contributed by atoms with van der Waals surface area (Å²) in [5.74, 6) is 0.00583. The van der Waals surface area contributed by atoms with Crippen LogP contribution in [-0.2, 0) is 4.74 Å². The largest absolute Gasteiger partial charge is 0.491 e. The molecule has 3 atom stereocenters. The first-order chi connectivity index (χ1) is 17.3. The molecule has 0 radical (unpaired) electrons. The molecule has 2 aromatic carbocycles. The quantitative estimate of drug-likeness (QED) is 0.667. The summed E-state index contributed by atoms with van der Waals surface area (Å²) in [5, 5.41) is 2.72. The highest BCUT2D eigenvalue weighted by Crippen LogP contribution is 2.32. The third kappa shape index (κ3) is 6.23. The standard InChI is InChI=1S/C28H36FN3O4/c1-18-14-32(15-20-9-10-20)19(2)17-36-25-13-21(30-27(33)22-7-5-6-8-24(22)29)11-12-23(25)28(34)31(3)16-26(18)35-4/h5-8,11-13,18-20,26H,9-10,14-17H2,1-4H3,(H,30,33)/t18-,19+,26+/m0/s1. The lowest BCUT2D eigenvalue weighted by Crippen LogP contribution is -2.47. The van der Waals surface area contributed by atoms with Crippen LogP contribution in [0.15, 0.2) is 42.5 Å². The number of methoxy groups -OCH3 is 1. The van der Waals surface area contributed by atoms with Crippen molar-refractivity contribution >= 4 is 17.5 Å². The molecular weight excluding hydrogens is 461 g/mol. The van der Waals surface area contributed by atoms with Crippen molar-refractivity contribution in [3.8, 4) is 5.75 Å². The van der Waals surface area contributed by atoms with E-state index in [2.05, 4.69) is 24.1 Å². The number of rotatable bonds is 5. The van der Waals surface area contributed by atoms with Gasteiger partial charge in [-0.2, -0.15) is 0 Å². The minimum atomic E-state index is -0.596. The maximum atomic E-state index is 14.1. The molecule has 0 spiro atoms.